The van der Waals surface area contributed by atoms with E-state index >= 15 is 0 Å². The number of aromatic nitrogens is 1. The van der Waals surface area contributed by atoms with Gasteiger partial charge in [0.25, 0.3) is 5.91 Å². The lowest BCUT2D eigenvalue weighted by Gasteiger charge is -2.33. The van der Waals surface area contributed by atoms with Crippen molar-refractivity contribution in [3.05, 3.63) is 48.2 Å². The van der Waals surface area contributed by atoms with Gasteiger partial charge < -0.3 is 24.7 Å². The second-order valence-electron chi connectivity index (χ2n) is 8.49. The number of aryl methyl sites for hydroxylation is 1. The predicted octanol–water partition coefficient (Wildman–Crippen LogP) is 3.87. The molecule has 2 aliphatic heterocycles. The second-order valence-corrected chi connectivity index (χ2v) is 8.49. The topological polar surface area (TPSA) is 142 Å². The van der Waals surface area contributed by atoms with Gasteiger partial charge in [-0.3, -0.25) is 14.7 Å². The van der Waals surface area contributed by atoms with E-state index in [0.717, 1.165) is 49.6 Å². The molecule has 39 heavy (non-hydrogen) atoms. The molecule has 2 aliphatic rings. The zero-order chi connectivity index (χ0) is 29.4. The van der Waals surface area contributed by atoms with E-state index in [0.29, 0.717) is 5.92 Å². The molecule has 4 heterocycles. The van der Waals surface area contributed by atoms with Gasteiger partial charge >= 0.3 is 24.3 Å². The van der Waals surface area contributed by atoms with Crippen molar-refractivity contribution in [1.82, 2.24) is 9.88 Å². The smallest absolute Gasteiger partial charge is 0.475 e. The molecule has 0 spiro atoms. The molecule has 2 fully saturated rings. The summed E-state index contributed by atoms with van der Waals surface area (Å²) in [6.45, 7) is 4.55. The number of ether oxygens (including phenoxy) is 1. The molecule has 16 heteroatoms. The number of nitrogens with zero attached hydrogens (tertiary/aromatic N) is 2. The molecule has 0 saturated carbocycles. The molecule has 0 aromatic carbocycles. The van der Waals surface area contributed by atoms with Crippen molar-refractivity contribution in [2.45, 2.75) is 50.9 Å². The Hall–Kier alpha value is -3.66. The molecular weight excluding hydrogens is 544 g/mol. The van der Waals surface area contributed by atoms with Crippen LogP contribution in [0.1, 0.15) is 24.3 Å². The number of carboxylic acid groups (broad SMARTS) is 2. The monoisotopic (exact) mass is 569 g/mol. The number of carbonyl (C=O) groups excluding carboxylic acids is 1. The Kier molecular flexibility index (Phi) is 10.9. The fourth-order valence-corrected chi connectivity index (χ4v) is 3.76. The summed E-state index contributed by atoms with van der Waals surface area (Å²) in [5.41, 5.74) is 1.57. The highest BCUT2D eigenvalue weighted by Gasteiger charge is 2.42. The maximum absolute atomic E-state index is 12.6. The van der Waals surface area contributed by atoms with Crippen molar-refractivity contribution in [1.29, 1.82) is 0 Å². The third kappa shape index (κ3) is 10.2. The first-order valence-corrected chi connectivity index (χ1v) is 11.3. The molecule has 4 rings (SSSR count). The summed E-state index contributed by atoms with van der Waals surface area (Å²) in [4.78, 5) is 36.9. The van der Waals surface area contributed by atoms with Crippen LogP contribution in [0.4, 0.5) is 32.0 Å². The van der Waals surface area contributed by atoms with Crippen molar-refractivity contribution in [2.24, 2.45) is 5.92 Å². The molecule has 0 radical (unpaired) electrons. The molecule has 3 atom stereocenters. The molecule has 2 aromatic rings. The average Bonchev–Trinajstić information content (AvgIpc) is 3.50. The maximum Gasteiger partial charge on any atom is 0.490 e. The fraction of sp³-hybridized carbons (Fsp3) is 0.478. The Morgan fingerprint density at radius 3 is 2.21 bits per heavy atom. The predicted molar refractivity (Wildman–Crippen MR) is 120 cm³/mol. The molecule has 3 N–H and O–H groups in total. The third-order valence-electron chi connectivity index (χ3n) is 5.64. The van der Waals surface area contributed by atoms with Crippen LogP contribution in [0.3, 0.4) is 0 Å². The van der Waals surface area contributed by atoms with Crippen molar-refractivity contribution < 1.29 is 60.1 Å². The molecule has 0 unspecified atom stereocenters. The molecule has 1 amide bonds. The number of nitrogens with one attached hydrogen (secondary N) is 1. The van der Waals surface area contributed by atoms with Crippen LogP contribution in [0.2, 0.25) is 0 Å². The Morgan fingerprint density at radius 2 is 1.69 bits per heavy atom. The number of alkyl halides is 6. The van der Waals surface area contributed by atoms with Gasteiger partial charge in [0.1, 0.15) is 11.9 Å². The molecule has 0 aliphatic carbocycles. The van der Waals surface area contributed by atoms with Crippen LogP contribution in [-0.4, -0.2) is 75.6 Å². The number of carboxylic acids is 2. The van der Waals surface area contributed by atoms with Gasteiger partial charge in [-0.25, -0.2) is 9.59 Å². The number of likely N-dealkylation sites (tertiary alicyclic amines) is 1. The number of aliphatic carboxylic acids is 2. The van der Waals surface area contributed by atoms with Gasteiger partial charge in [0, 0.05) is 12.7 Å². The number of pyridine rings is 1. The Labute approximate surface area is 217 Å². The van der Waals surface area contributed by atoms with E-state index in [9.17, 15) is 31.1 Å². The van der Waals surface area contributed by atoms with E-state index in [1.54, 1.807) is 12.5 Å². The quantitative estimate of drug-likeness (QED) is 0.468. The van der Waals surface area contributed by atoms with E-state index in [2.05, 4.69) is 15.2 Å². The van der Waals surface area contributed by atoms with Crippen LogP contribution in [0.15, 0.2) is 41.1 Å². The lowest BCUT2D eigenvalue weighted by atomic mass is 9.91. The van der Waals surface area contributed by atoms with Gasteiger partial charge in [-0.1, -0.05) is 0 Å². The summed E-state index contributed by atoms with van der Waals surface area (Å²) in [5, 5.41) is 17.2. The number of hydrogen-bond donors (Lipinski definition) is 3. The van der Waals surface area contributed by atoms with Crippen molar-refractivity contribution >= 4 is 23.5 Å². The highest BCUT2D eigenvalue weighted by molar-refractivity contribution is 5.94. The molecular formula is C23H25F6N3O7. The Morgan fingerprint density at radius 1 is 1.08 bits per heavy atom. The van der Waals surface area contributed by atoms with Gasteiger partial charge in [-0.2, -0.15) is 26.3 Å². The number of furan rings is 1. The second kappa shape index (κ2) is 13.4. The summed E-state index contributed by atoms with van der Waals surface area (Å²) in [7, 11) is 0. The van der Waals surface area contributed by atoms with Gasteiger partial charge in [-0.05, 0) is 56.5 Å². The lowest BCUT2D eigenvalue weighted by Crippen LogP contribution is -2.41. The number of anilines is 1. The van der Waals surface area contributed by atoms with E-state index < -0.39 is 24.3 Å². The minimum Gasteiger partial charge on any atom is -0.475 e. The summed E-state index contributed by atoms with van der Waals surface area (Å²) in [6, 6.07) is 7.60. The number of fused-ring (bicyclic) bond motifs is 1. The van der Waals surface area contributed by atoms with Crippen LogP contribution in [0.5, 0.6) is 0 Å². The lowest BCUT2D eigenvalue weighted by molar-refractivity contribution is -0.193. The zero-order valence-corrected chi connectivity index (χ0v) is 20.3. The highest BCUT2D eigenvalue weighted by atomic mass is 19.4. The largest absolute Gasteiger partial charge is 0.490 e. The summed E-state index contributed by atoms with van der Waals surface area (Å²) in [6.07, 6.45) is -5.15. The molecule has 2 saturated heterocycles. The van der Waals surface area contributed by atoms with E-state index in [4.69, 9.17) is 29.0 Å². The number of rotatable bonds is 4. The van der Waals surface area contributed by atoms with Gasteiger partial charge in [-0.15, -0.1) is 0 Å². The van der Waals surface area contributed by atoms with E-state index in [1.165, 1.54) is 0 Å². The first kappa shape index (κ1) is 31.6. The minimum absolute atomic E-state index is 0.0666. The van der Waals surface area contributed by atoms with Gasteiger partial charge in [0.05, 0.1) is 30.3 Å². The number of carbonyl (C=O) groups is 3. The molecule has 216 valence electrons. The number of amides is 1. The number of halogens is 6. The van der Waals surface area contributed by atoms with Crippen LogP contribution < -0.4 is 5.32 Å². The SMILES string of the molecule is Cc1ncccc1NC(=O)[C@H]1C[C@@H]2CCN(Cc3ccco3)C[C@@H]2O1.O=C(O)C(F)(F)F.O=C(O)C(F)(F)F. The number of piperidine rings is 1. The summed E-state index contributed by atoms with van der Waals surface area (Å²) in [5.74, 6) is -4.15. The van der Waals surface area contributed by atoms with Crippen molar-refractivity contribution in [2.75, 3.05) is 18.4 Å². The first-order valence-electron chi connectivity index (χ1n) is 11.3. The normalized spacial score (nSPS) is 20.9. The highest BCUT2D eigenvalue weighted by Crippen LogP contribution is 2.34. The van der Waals surface area contributed by atoms with Crippen molar-refractivity contribution in [3.63, 3.8) is 0 Å². The summed E-state index contributed by atoms with van der Waals surface area (Å²) < 4.78 is 75.0. The molecule has 2 aromatic heterocycles. The standard InChI is InChI=1S/C19H23N3O3.2C2HF3O2/c1-13-16(5-2-7-20-13)21-19(23)17-10-14-6-8-22(12-18(14)25-17)11-15-4-3-9-24-15;2*3-2(4,5)1(6)7/h2-5,7,9,14,17-18H,6,8,10-12H2,1H3,(H,21,23);2*(H,6,7)/t14-,17+,18-;;/m0../s1. The van der Waals surface area contributed by atoms with Crippen LogP contribution in [0, 0.1) is 12.8 Å². The van der Waals surface area contributed by atoms with Crippen molar-refractivity contribution in [3.8, 4) is 0 Å². The zero-order valence-electron chi connectivity index (χ0n) is 20.3. The van der Waals surface area contributed by atoms with Gasteiger partial charge in [0.2, 0.25) is 0 Å². The van der Waals surface area contributed by atoms with Crippen LogP contribution >= 0.6 is 0 Å². The fourth-order valence-electron chi connectivity index (χ4n) is 3.76. The Balaban J connectivity index is 0.000000317. The Bertz CT molecular complexity index is 1080. The van der Waals surface area contributed by atoms with Gasteiger partial charge in [0.15, 0.2) is 0 Å². The molecule has 10 nitrogen and oxygen atoms in total. The van der Waals surface area contributed by atoms with E-state index in [-0.39, 0.29) is 18.1 Å². The average molecular weight is 569 g/mol. The minimum atomic E-state index is -5.08. The first-order chi connectivity index (χ1) is 18.1. The maximum atomic E-state index is 12.6. The van der Waals surface area contributed by atoms with E-state index in [1.807, 2.05) is 31.2 Å². The number of hydrogen-bond acceptors (Lipinski definition) is 7. The van der Waals surface area contributed by atoms with Crippen LogP contribution in [-0.2, 0) is 25.7 Å². The summed E-state index contributed by atoms with van der Waals surface area (Å²) >= 11 is 0. The van der Waals surface area contributed by atoms with Crippen LogP contribution in [0.25, 0.3) is 0 Å². The third-order valence-corrected chi connectivity index (χ3v) is 5.64. The molecule has 0 bridgehead atoms.